The molecule has 0 saturated heterocycles. The molecule has 0 unspecified atom stereocenters. The molecule has 7 nitrogen and oxygen atoms in total. The number of benzene rings is 1. The number of urea groups is 1. The van der Waals surface area contributed by atoms with E-state index in [2.05, 4.69) is 26.6 Å². The molecule has 0 aromatic heterocycles. The Balaban J connectivity index is 2.37. The molecule has 0 radical (unpaired) electrons. The molecule has 21 heavy (non-hydrogen) atoms. The summed E-state index contributed by atoms with van der Waals surface area (Å²) >= 11 is 3.35. The number of hydrogen-bond donors (Lipinski definition) is 3. The third-order valence-corrected chi connectivity index (χ3v) is 2.99. The summed E-state index contributed by atoms with van der Waals surface area (Å²) in [4.78, 5) is 34.7. The Morgan fingerprint density at radius 3 is 2.57 bits per heavy atom. The van der Waals surface area contributed by atoms with Crippen molar-refractivity contribution in [3.63, 3.8) is 0 Å². The highest BCUT2D eigenvalue weighted by Gasteiger charge is 2.11. The van der Waals surface area contributed by atoms with Crippen LogP contribution in [0.15, 0.2) is 28.7 Å². The summed E-state index contributed by atoms with van der Waals surface area (Å²) in [7, 11) is 1.60. The van der Waals surface area contributed by atoms with Crippen LogP contribution in [0, 0.1) is 0 Å². The van der Waals surface area contributed by atoms with E-state index in [4.69, 9.17) is 5.11 Å². The predicted molar refractivity (Wildman–Crippen MR) is 79.7 cm³/mol. The lowest BCUT2D eigenvalue weighted by molar-refractivity contribution is -0.137. The van der Waals surface area contributed by atoms with Crippen molar-refractivity contribution >= 4 is 33.8 Å². The zero-order valence-corrected chi connectivity index (χ0v) is 13.0. The topological polar surface area (TPSA) is 98.7 Å². The fourth-order valence-electron chi connectivity index (χ4n) is 1.51. The van der Waals surface area contributed by atoms with Gasteiger partial charge in [0.25, 0.3) is 0 Å². The largest absolute Gasteiger partial charge is 0.480 e. The summed E-state index contributed by atoms with van der Waals surface area (Å²) in [5, 5.41) is 13.0. The Morgan fingerprint density at radius 2 is 1.95 bits per heavy atom. The monoisotopic (exact) mass is 357 g/mol. The van der Waals surface area contributed by atoms with Gasteiger partial charge in [-0.3, -0.25) is 9.59 Å². The van der Waals surface area contributed by atoms with Crippen LogP contribution in [0.2, 0.25) is 0 Å². The van der Waals surface area contributed by atoms with Crippen LogP contribution in [-0.4, -0.2) is 48.1 Å². The van der Waals surface area contributed by atoms with Gasteiger partial charge in [-0.2, -0.15) is 0 Å². The third-order valence-electron chi connectivity index (χ3n) is 2.49. The molecule has 0 bridgehead atoms. The van der Waals surface area contributed by atoms with Gasteiger partial charge in [-0.05, 0) is 17.7 Å². The number of carboxylic acid groups (broad SMARTS) is 1. The van der Waals surface area contributed by atoms with Crippen molar-refractivity contribution in [1.82, 2.24) is 15.5 Å². The van der Waals surface area contributed by atoms with E-state index in [0.29, 0.717) is 6.54 Å². The van der Waals surface area contributed by atoms with Crippen molar-refractivity contribution in [1.29, 1.82) is 0 Å². The van der Waals surface area contributed by atoms with Crippen molar-refractivity contribution in [2.45, 2.75) is 6.54 Å². The lowest BCUT2D eigenvalue weighted by atomic mass is 10.2. The first kappa shape index (κ1) is 17.0. The minimum absolute atomic E-state index is 0.269. The summed E-state index contributed by atoms with van der Waals surface area (Å²) in [6.07, 6.45) is 0. The zero-order valence-electron chi connectivity index (χ0n) is 11.4. The number of carboxylic acids is 1. The van der Waals surface area contributed by atoms with E-state index >= 15 is 0 Å². The summed E-state index contributed by atoms with van der Waals surface area (Å²) in [6, 6.07) is 7.11. The average Bonchev–Trinajstić information content (AvgIpc) is 2.42. The summed E-state index contributed by atoms with van der Waals surface area (Å²) in [5.41, 5.74) is 0.942. The lowest BCUT2D eigenvalue weighted by Crippen LogP contribution is -2.43. The van der Waals surface area contributed by atoms with Gasteiger partial charge in [0.1, 0.15) is 6.54 Å². The molecule has 1 rings (SSSR count). The number of carbonyl (C=O) groups excluding carboxylic acids is 2. The molecular weight excluding hydrogens is 342 g/mol. The van der Waals surface area contributed by atoms with Crippen LogP contribution in [-0.2, 0) is 16.1 Å². The second-order valence-corrected chi connectivity index (χ2v) is 5.23. The first-order valence-electron chi connectivity index (χ1n) is 6.10. The summed E-state index contributed by atoms with van der Waals surface area (Å²) < 4.78 is 0.918. The average molecular weight is 358 g/mol. The van der Waals surface area contributed by atoms with Gasteiger partial charge in [0, 0.05) is 18.1 Å². The third kappa shape index (κ3) is 6.75. The quantitative estimate of drug-likeness (QED) is 0.700. The second-order valence-electron chi connectivity index (χ2n) is 4.32. The van der Waals surface area contributed by atoms with Gasteiger partial charge >= 0.3 is 12.0 Å². The van der Waals surface area contributed by atoms with Crippen LogP contribution >= 0.6 is 15.9 Å². The Bertz CT molecular complexity index is 536. The van der Waals surface area contributed by atoms with E-state index in [9.17, 15) is 14.4 Å². The standard InChI is InChI=1S/C13H16BrN3O4/c1-17(8-9-3-2-4-10(14)5-9)13(21)16-6-11(18)15-7-12(19)20/h2-5H,6-8H2,1H3,(H,15,18)(H,16,21)(H,19,20). The van der Waals surface area contributed by atoms with Crippen molar-refractivity contribution in [3.05, 3.63) is 34.3 Å². The summed E-state index contributed by atoms with van der Waals surface area (Å²) in [6.45, 7) is -0.348. The molecule has 0 fully saturated rings. The predicted octanol–water partition coefficient (Wildman–Crippen LogP) is 0.791. The van der Waals surface area contributed by atoms with E-state index in [1.165, 1.54) is 4.90 Å². The maximum absolute atomic E-state index is 11.8. The van der Waals surface area contributed by atoms with Gasteiger partial charge < -0.3 is 20.6 Å². The molecule has 0 atom stereocenters. The van der Waals surface area contributed by atoms with Crippen LogP contribution in [0.25, 0.3) is 0 Å². The molecule has 0 aliphatic carbocycles. The number of hydrogen-bond acceptors (Lipinski definition) is 3. The highest BCUT2D eigenvalue weighted by atomic mass is 79.9. The van der Waals surface area contributed by atoms with E-state index < -0.39 is 24.5 Å². The summed E-state index contributed by atoms with van der Waals surface area (Å²) in [5.74, 6) is -1.69. The van der Waals surface area contributed by atoms with Crippen molar-refractivity contribution in [2.75, 3.05) is 20.1 Å². The number of aliphatic carboxylic acids is 1. The highest BCUT2D eigenvalue weighted by molar-refractivity contribution is 9.10. The molecule has 0 spiro atoms. The molecule has 0 aliphatic rings. The molecule has 1 aromatic carbocycles. The van der Waals surface area contributed by atoms with Crippen LogP contribution < -0.4 is 10.6 Å². The van der Waals surface area contributed by atoms with Gasteiger partial charge in [0.15, 0.2) is 0 Å². The number of carbonyl (C=O) groups is 3. The zero-order chi connectivity index (χ0) is 15.8. The molecule has 1 aromatic rings. The minimum Gasteiger partial charge on any atom is -0.480 e. The Kier molecular flexibility index (Phi) is 6.67. The molecule has 0 heterocycles. The van der Waals surface area contributed by atoms with Crippen molar-refractivity contribution < 1.29 is 19.5 Å². The fraction of sp³-hybridized carbons (Fsp3) is 0.308. The van der Waals surface area contributed by atoms with E-state index in [1.54, 1.807) is 7.05 Å². The molecule has 3 N–H and O–H groups in total. The first-order chi connectivity index (χ1) is 9.88. The highest BCUT2D eigenvalue weighted by Crippen LogP contribution is 2.12. The number of amides is 3. The van der Waals surface area contributed by atoms with Gasteiger partial charge in [-0.1, -0.05) is 28.1 Å². The van der Waals surface area contributed by atoms with E-state index in [-0.39, 0.29) is 6.54 Å². The van der Waals surface area contributed by atoms with Gasteiger partial charge in [-0.15, -0.1) is 0 Å². The minimum atomic E-state index is -1.14. The van der Waals surface area contributed by atoms with E-state index in [1.807, 2.05) is 24.3 Å². The number of rotatable bonds is 6. The van der Waals surface area contributed by atoms with Crippen LogP contribution in [0.3, 0.4) is 0 Å². The Labute approximate surface area is 130 Å². The van der Waals surface area contributed by atoms with Gasteiger partial charge in [-0.25, -0.2) is 4.79 Å². The van der Waals surface area contributed by atoms with E-state index in [0.717, 1.165) is 10.0 Å². The van der Waals surface area contributed by atoms with Gasteiger partial charge in [0.2, 0.25) is 5.91 Å². The van der Waals surface area contributed by atoms with Gasteiger partial charge in [0.05, 0.1) is 6.54 Å². The SMILES string of the molecule is CN(Cc1cccc(Br)c1)C(=O)NCC(=O)NCC(=O)O. The smallest absolute Gasteiger partial charge is 0.322 e. The molecule has 3 amide bonds. The molecule has 114 valence electrons. The molecule has 0 aliphatic heterocycles. The molecule has 8 heteroatoms. The number of nitrogens with zero attached hydrogens (tertiary/aromatic N) is 1. The maximum atomic E-state index is 11.8. The van der Waals surface area contributed by atoms with Crippen LogP contribution in [0.1, 0.15) is 5.56 Å². The molecular formula is C13H16BrN3O4. The van der Waals surface area contributed by atoms with Crippen LogP contribution in [0.4, 0.5) is 4.79 Å². The fourth-order valence-corrected chi connectivity index (χ4v) is 1.96. The first-order valence-corrected chi connectivity index (χ1v) is 6.89. The van der Waals surface area contributed by atoms with Crippen molar-refractivity contribution in [3.8, 4) is 0 Å². The maximum Gasteiger partial charge on any atom is 0.322 e. The lowest BCUT2D eigenvalue weighted by Gasteiger charge is -2.18. The Hall–Kier alpha value is -2.09. The second kappa shape index (κ2) is 8.25. The number of nitrogens with one attached hydrogen (secondary N) is 2. The normalized spacial score (nSPS) is 9.81. The number of halogens is 1. The molecule has 0 saturated carbocycles. The Morgan fingerprint density at radius 1 is 1.24 bits per heavy atom. The van der Waals surface area contributed by atoms with Crippen LogP contribution in [0.5, 0.6) is 0 Å². The van der Waals surface area contributed by atoms with Crippen molar-refractivity contribution in [2.24, 2.45) is 0 Å².